The molecule has 2 aromatic rings. The van der Waals surface area contributed by atoms with Crippen LogP contribution in [0.4, 0.5) is 11.4 Å². The Morgan fingerprint density at radius 3 is 2.31 bits per heavy atom. The minimum absolute atomic E-state index is 0.0336. The molecule has 0 bridgehead atoms. The maximum atomic E-state index is 12.3. The third kappa shape index (κ3) is 4.81. The highest BCUT2D eigenvalue weighted by atomic mass is 16.6. The highest BCUT2D eigenvalue weighted by Gasteiger charge is 2.21. The lowest BCUT2D eigenvalue weighted by molar-refractivity contribution is -0.384. The fraction of sp³-hybridized carbons (Fsp3) is 0.350. The quantitative estimate of drug-likeness (QED) is 0.627. The van der Waals surface area contributed by atoms with Crippen LogP contribution in [-0.4, -0.2) is 16.9 Å². The van der Waals surface area contributed by atoms with E-state index in [9.17, 15) is 14.9 Å². The Morgan fingerprint density at radius 2 is 1.77 bits per heavy atom. The highest BCUT2D eigenvalue weighted by Crippen LogP contribution is 2.27. The summed E-state index contributed by atoms with van der Waals surface area (Å²) in [7, 11) is 0. The summed E-state index contributed by atoms with van der Waals surface area (Å²) >= 11 is 0. The largest absolute Gasteiger partial charge is 0.481 e. The number of anilines is 1. The summed E-state index contributed by atoms with van der Waals surface area (Å²) in [5, 5.41) is 13.7. The Balaban J connectivity index is 2.08. The van der Waals surface area contributed by atoms with Gasteiger partial charge in [0, 0.05) is 6.07 Å². The molecular weight excluding hydrogens is 332 g/mol. The molecule has 0 saturated carbocycles. The van der Waals surface area contributed by atoms with E-state index in [1.165, 1.54) is 12.1 Å². The van der Waals surface area contributed by atoms with Gasteiger partial charge in [-0.25, -0.2) is 0 Å². The molecule has 1 unspecified atom stereocenters. The average molecular weight is 356 g/mol. The molecule has 2 aromatic carbocycles. The second-order valence-electron chi connectivity index (χ2n) is 7.30. The van der Waals surface area contributed by atoms with E-state index in [1.807, 2.05) is 24.3 Å². The number of rotatable bonds is 5. The fourth-order valence-electron chi connectivity index (χ4n) is 2.42. The van der Waals surface area contributed by atoms with Gasteiger partial charge in [-0.3, -0.25) is 14.9 Å². The van der Waals surface area contributed by atoms with Crippen molar-refractivity contribution in [3.8, 4) is 5.75 Å². The van der Waals surface area contributed by atoms with E-state index in [0.29, 0.717) is 5.75 Å². The van der Waals surface area contributed by atoms with Crippen LogP contribution >= 0.6 is 0 Å². The molecule has 0 saturated heterocycles. The van der Waals surface area contributed by atoms with Crippen molar-refractivity contribution >= 4 is 17.3 Å². The van der Waals surface area contributed by atoms with Crippen LogP contribution in [0.15, 0.2) is 42.5 Å². The van der Waals surface area contributed by atoms with Crippen molar-refractivity contribution in [1.82, 2.24) is 0 Å². The first-order valence-electron chi connectivity index (χ1n) is 8.41. The number of nitro benzene ring substituents is 1. The summed E-state index contributed by atoms with van der Waals surface area (Å²) in [5.41, 5.74) is 1.96. The summed E-state index contributed by atoms with van der Waals surface area (Å²) < 4.78 is 5.66. The number of nitrogens with zero attached hydrogens (tertiary/aromatic N) is 1. The van der Waals surface area contributed by atoms with Gasteiger partial charge in [-0.05, 0) is 48.6 Å². The molecule has 1 amide bonds. The summed E-state index contributed by atoms with van der Waals surface area (Å²) in [4.78, 5) is 23.0. The summed E-state index contributed by atoms with van der Waals surface area (Å²) in [6, 6.07) is 12.2. The molecule has 1 atom stereocenters. The normalized spacial score (nSPS) is 12.3. The second-order valence-corrected chi connectivity index (χ2v) is 7.30. The van der Waals surface area contributed by atoms with Gasteiger partial charge in [0.05, 0.1) is 4.92 Å². The molecule has 0 aliphatic rings. The fourth-order valence-corrected chi connectivity index (χ4v) is 2.42. The summed E-state index contributed by atoms with van der Waals surface area (Å²) in [6.07, 6.45) is -0.795. The molecule has 26 heavy (non-hydrogen) atoms. The Morgan fingerprint density at radius 1 is 1.15 bits per heavy atom. The molecule has 0 fully saturated rings. The number of aryl methyl sites for hydroxylation is 1. The lowest BCUT2D eigenvalue weighted by Crippen LogP contribution is -2.30. The Kier molecular flexibility index (Phi) is 5.65. The number of amides is 1. The van der Waals surface area contributed by atoms with Crippen molar-refractivity contribution in [3.63, 3.8) is 0 Å². The van der Waals surface area contributed by atoms with Gasteiger partial charge in [0.1, 0.15) is 11.4 Å². The summed E-state index contributed by atoms with van der Waals surface area (Å²) in [5.74, 6) is 0.121. The van der Waals surface area contributed by atoms with Gasteiger partial charge in [0.15, 0.2) is 6.10 Å². The average Bonchev–Trinajstić information content (AvgIpc) is 2.55. The number of carbonyl (C=O) groups excluding carboxylic acids is 1. The van der Waals surface area contributed by atoms with E-state index in [0.717, 1.165) is 11.1 Å². The monoisotopic (exact) mass is 356 g/mol. The molecule has 138 valence electrons. The lowest BCUT2D eigenvalue weighted by Gasteiger charge is -2.20. The van der Waals surface area contributed by atoms with E-state index in [1.54, 1.807) is 19.9 Å². The van der Waals surface area contributed by atoms with E-state index in [4.69, 9.17) is 4.74 Å². The minimum Gasteiger partial charge on any atom is -0.481 e. The first-order chi connectivity index (χ1) is 12.1. The van der Waals surface area contributed by atoms with Crippen LogP contribution < -0.4 is 10.1 Å². The van der Waals surface area contributed by atoms with Gasteiger partial charge >= 0.3 is 0 Å². The number of hydrogen-bond donors (Lipinski definition) is 1. The number of nitro groups is 1. The van der Waals surface area contributed by atoms with Gasteiger partial charge < -0.3 is 10.1 Å². The maximum Gasteiger partial charge on any atom is 0.293 e. The maximum absolute atomic E-state index is 12.3. The van der Waals surface area contributed by atoms with Crippen LogP contribution in [-0.2, 0) is 10.2 Å². The number of carbonyl (C=O) groups is 1. The topological polar surface area (TPSA) is 81.5 Å². The Hall–Kier alpha value is -2.89. The van der Waals surface area contributed by atoms with Crippen LogP contribution in [0.3, 0.4) is 0 Å². The predicted molar refractivity (Wildman–Crippen MR) is 102 cm³/mol. The molecule has 0 spiro atoms. The van der Waals surface area contributed by atoms with Crippen LogP contribution in [0, 0.1) is 17.0 Å². The standard InChI is InChI=1S/C20H24N2O4/c1-13-6-11-17(18(12-13)22(24)25)21-19(23)14(2)26-16-9-7-15(8-10-16)20(3,4)5/h6-12,14H,1-5H3,(H,21,23). The van der Waals surface area contributed by atoms with E-state index in [2.05, 4.69) is 26.1 Å². The number of nitrogens with one attached hydrogen (secondary N) is 1. The van der Waals surface area contributed by atoms with Crippen LogP contribution in [0.5, 0.6) is 5.75 Å². The molecule has 1 N–H and O–H groups in total. The van der Waals surface area contributed by atoms with Crippen molar-refractivity contribution in [1.29, 1.82) is 0 Å². The summed E-state index contributed by atoms with van der Waals surface area (Å²) in [6.45, 7) is 9.72. The van der Waals surface area contributed by atoms with Gasteiger partial charge in [-0.2, -0.15) is 0 Å². The zero-order valence-electron chi connectivity index (χ0n) is 15.7. The van der Waals surface area contributed by atoms with E-state index < -0.39 is 16.9 Å². The van der Waals surface area contributed by atoms with Gasteiger partial charge in [0.25, 0.3) is 11.6 Å². The van der Waals surface area contributed by atoms with Gasteiger partial charge in [-0.1, -0.05) is 39.0 Å². The molecule has 6 nitrogen and oxygen atoms in total. The van der Waals surface area contributed by atoms with Crippen LogP contribution in [0.1, 0.15) is 38.8 Å². The molecule has 2 rings (SSSR count). The molecule has 0 radical (unpaired) electrons. The predicted octanol–water partition coefficient (Wildman–Crippen LogP) is 4.61. The zero-order valence-corrected chi connectivity index (χ0v) is 15.7. The molecule has 6 heteroatoms. The van der Waals surface area contributed by atoms with Crippen molar-refractivity contribution in [2.45, 2.75) is 46.1 Å². The number of ether oxygens (including phenoxy) is 1. The van der Waals surface area contributed by atoms with Gasteiger partial charge in [-0.15, -0.1) is 0 Å². The molecular formula is C20H24N2O4. The number of benzene rings is 2. The SMILES string of the molecule is Cc1ccc(NC(=O)C(C)Oc2ccc(C(C)(C)C)cc2)c([N+](=O)[O-])c1. The Labute approximate surface area is 153 Å². The van der Waals surface area contributed by atoms with Crippen LogP contribution in [0.25, 0.3) is 0 Å². The lowest BCUT2D eigenvalue weighted by atomic mass is 9.87. The molecule has 0 aliphatic carbocycles. The third-order valence-corrected chi connectivity index (χ3v) is 4.01. The van der Waals surface area contributed by atoms with Crippen molar-refractivity contribution in [2.24, 2.45) is 0 Å². The van der Waals surface area contributed by atoms with Crippen molar-refractivity contribution in [2.75, 3.05) is 5.32 Å². The zero-order chi connectivity index (χ0) is 19.5. The van der Waals surface area contributed by atoms with Crippen molar-refractivity contribution in [3.05, 3.63) is 63.7 Å². The van der Waals surface area contributed by atoms with E-state index in [-0.39, 0.29) is 16.8 Å². The Bertz CT molecular complexity index is 808. The second kappa shape index (κ2) is 7.56. The molecule has 0 heterocycles. The first kappa shape index (κ1) is 19.4. The third-order valence-electron chi connectivity index (χ3n) is 4.01. The first-order valence-corrected chi connectivity index (χ1v) is 8.41. The van der Waals surface area contributed by atoms with Crippen molar-refractivity contribution < 1.29 is 14.5 Å². The number of hydrogen-bond acceptors (Lipinski definition) is 4. The van der Waals surface area contributed by atoms with Crippen LogP contribution in [0.2, 0.25) is 0 Å². The van der Waals surface area contributed by atoms with E-state index >= 15 is 0 Å². The smallest absolute Gasteiger partial charge is 0.293 e. The molecule has 0 aromatic heterocycles. The minimum atomic E-state index is -0.795. The highest BCUT2D eigenvalue weighted by molar-refractivity contribution is 5.96. The van der Waals surface area contributed by atoms with Gasteiger partial charge in [0.2, 0.25) is 0 Å². The molecule has 0 aliphatic heterocycles.